The summed E-state index contributed by atoms with van der Waals surface area (Å²) >= 11 is 1.35. The van der Waals surface area contributed by atoms with E-state index in [4.69, 9.17) is 0 Å². The summed E-state index contributed by atoms with van der Waals surface area (Å²) in [6.07, 6.45) is 1.60. The first-order valence-corrected chi connectivity index (χ1v) is 6.88. The molecule has 0 aliphatic carbocycles. The van der Waals surface area contributed by atoms with Crippen LogP contribution in [-0.2, 0) is 0 Å². The van der Waals surface area contributed by atoms with Crippen LogP contribution >= 0.6 is 11.3 Å². The number of hydrazone groups is 1. The number of amides is 1. The highest BCUT2D eigenvalue weighted by atomic mass is 32.1. The lowest BCUT2D eigenvalue weighted by molar-refractivity contribution is 0.0955. The molecule has 0 unspecified atom stereocenters. The maximum absolute atomic E-state index is 11.9. The van der Waals surface area contributed by atoms with Crippen LogP contribution in [0.5, 0.6) is 0 Å². The second-order valence-corrected chi connectivity index (χ2v) is 5.13. The van der Waals surface area contributed by atoms with E-state index in [-0.39, 0.29) is 5.91 Å². The van der Waals surface area contributed by atoms with E-state index in [0.717, 1.165) is 15.8 Å². The van der Waals surface area contributed by atoms with Gasteiger partial charge in [0.15, 0.2) is 5.01 Å². The van der Waals surface area contributed by atoms with Gasteiger partial charge in [-0.15, -0.1) is 11.3 Å². The van der Waals surface area contributed by atoms with Crippen LogP contribution in [-0.4, -0.2) is 17.1 Å². The molecule has 0 radical (unpaired) electrons. The van der Waals surface area contributed by atoms with Gasteiger partial charge in [0.05, 0.1) is 16.4 Å². The Kier molecular flexibility index (Phi) is 3.52. The van der Waals surface area contributed by atoms with Gasteiger partial charge in [-0.2, -0.15) is 5.10 Å². The van der Waals surface area contributed by atoms with Crippen LogP contribution in [0.15, 0.2) is 59.7 Å². The highest BCUT2D eigenvalue weighted by Crippen LogP contribution is 2.21. The third-order valence-corrected chi connectivity index (χ3v) is 3.70. The van der Waals surface area contributed by atoms with E-state index in [2.05, 4.69) is 15.5 Å². The van der Waals surface area contributed by atoms with E-state index < -0.39 is 0 Å². The fourth-order valence-corrected chi connectivity index (χ4v) is 2.58. The van der Waals surface area contributed by atoms with E-state index in [9.17, 15) is 4.79 Å². The molecule has 3 aromatic rings. The van der Waals surface area contributed by atoms with Gasteiger partial charge >= 0.3 is 0 Å². The van der Waals surface area contributed by atoms with Crippen molar-refractivity contribution >= 4 is 33.7 Å². The number of rotatable bonds is 3. The molecule has 0 spiro atoms. The number of nitrogens with one attached hydrogen (secondary N) is 1. The molecule has 4 nitrogen and oxygen atoms in total. The topological polar surface area (TPSA) is 54.4 Å². The number of hydrogen-bond donors (Lipinski definition) is 1. The molecule has 0 saturated carbocycles. The molecule has 1 heterocycles. The van der Waals surface area contributed by atoms with E-state index in [1.165, 1.54) is 11.3 Å². The molecule has 98 valence electrons. The predicted molar refractivity (Wildman–Crippen MR) is 81.1 cm³/mol. The minimum atomic E-state index is -0.293. The van der Waals surface area contributed by atoms with Crippen molar-refractivity contribution in [3.63, 3.8) is 0 Å². The van der Waals surface area contributed by atoms with Crippen molar-refractivity contribution in [3.05, 3.63) is 65.2 Å². The Bertz CT molecular complexity index is 732. The zero-order valence-corrected chi connectivity index (χ0v) is 11.3. The molecular formula is C15H11N3OS. The molecule has 0 saturated heterocycles. The van der Waals surface area contributed by atoms with Crippen LogP contribution in [0.3, 0.4) is 0 Å². The summed E-state index contributed by atoms with van der Waals surface area (Å²) in [6.45, 7) is 0. The number of nitrogens with zero attached hydrogens (tertiary/aromatic N) is 2. The van der Waals surface area contributed by atoms with Gasteiger partial charge in [0, 0.05) is 0 Å². The number of aromatic nitrogens is 1. The van der Waals surface area contributed by atoms with Crippen LogP contribution in [0.2, 0.25) is 0 Å². The number of para-hydroxylation sites is 1. The lowest BCUT2D eigenvalue weighted by Gasteiger charge is -1.94. The lowest BCUT2D eigenvalue weighted by atomic mass is 10.2. The maximum atomic E-state index is 11.9. The van der Waals surface area contributed by atoms with E-state index in [0.29, 0.717) is 5.01 Å². The third-order valence-electron chi connectivity index (χ3n) is 2.67. The summed E-state index contributed by atoms with van der Waals surface area (Å²) in [5.74, 6) is -0.293. The summed E-state index contributed by atoms with van der Waals surface area (Å²) in [6, 6.07) is 17.2. The molecule has 0 aliphatic heterocycles. The summed E-state index contributed by atoms with van der Waals surface area (Å²) in [7, 11) is 0. The smallest absolute Gasteiger partial charge is 0.265 e. The molecule has 0 atom stereocenters. The highest BCUT2D eigenvalue weighted by Gasteiger charge is 2.10. The monoisotopic (exact) mass is 281 g/mol. The standard InChI is InChI=1S/C15H11N3OS/c19-14(18-16-10-11-6-2-1-3-7-11)15-17-12-8-4-5-9-13(12)20-15/h1-10H,(H,18,19)/b16-10+. The lowest BCUT2D eigenvalue weighted by Crippen LogP contribution is -2.17. The van der Waals surface area contributed by atoms with Crippen LogP contribution in [0.25, 0.3) is 10.2 Å². The largest absolute Gasteiger partial charge is 0.300 e. The third kappa shape index (κ3) is 2.73. The van der Waals surface area contributed by atoms with Crippen LogP contribution in [0.1, 0.15) is 15.4 Å². The Morgan fingerprint density at radius 1 is 1.10 bits per heavy atom. The fraction of sp³-hybridized carbons (Fsp3) is 0. The second kappa shape index (κ2) is 5.63. The Morgan fingerprint density at radius 2 is 1.85 bits per heavy atom. The van der Waals surface area contributed by atoms with Gasteiger partial charge in [0.25, 0.3) is 5.91 Å². The fourth-order valence-electron chi connectivity index (χ4n) is 1.72. The molecule has 2 aromatic carbocycles. The summed E-state index contributed by atoms with van der Waals surface area (Å²) in [4.78, 5) is 16.2. The Morgan fingerprint density at radius 3 is 2.65 bits per heavy atom. The summed E-state index contributed by atoms with van der Waals surface area (Å²) in [5.41, 5.74) is 4.24. The molecule has 0 bridgehead atoms. The molecule has 1 amide bonds. The van der Waals surface area contributed by atoms with Gasteiger partial charge in [0.2, 0.25) is 0 Å². The van der Waals surface area contributed by atoms with E-state index in [1.807, 2.05) is 54.6 Å². The van der Waals surface area contributed by atoms with Crippen LogP contribution in [0, 0.1) is 0 Å². The average Bonchev–Trinajstić information content (AvgIpc) is 2.92. The van der Waals surface area contributed by atoms with Crippen molar-refractivity contribution in [3.8, 4) is 0 Å². The Labute approximate surface area is 119 Å². The highest BCUT2D eigenvalue weighted by molar-refractivity contribution is 7.20. The minimum Gasteiger partial charge on any atom is -0.265 e. The van der Waals surface area contributed by atoms with Crippen LogP contribution in [0.4, 0.5) is 0 Å². The van der Waals surface area contributed by atoms with Gasteiger partial charge in [-0.25, -0.2) is 10.4 Å². The molecular weight excluding hydrogens is 270 g/mol. The Balaban J connectivity index is 1.71. The number of carbonyl (C=O) groups is 1. The molecule has 5 heteroatoms. The minimum absolute atomic E-state index is 0.293. The van der Waals surface area contributed by atoms with Gasteiger partial charge in [-0.05, 0) is 17.7 Å². The number of benzene rings is 2. The molecule has 1 N–H and O–H groups in total. The summed E-state index contributed by atoms with van der Waals surface area (Å²) in [5, 5.41) is 4.34. The predicted octanol–water partition coefficient (Wildman–Crippen LogP) is 3.06. The van der Waals surface area contributed by atoms with Crippen LogP contribution < -0.4 is 5.43 Å². The van der Waals surface area contributed by atoms with Gasteiger partial charge in [0.1, 0.15) is 0 Å². The van der Waals surface area contributed by atoms with Crippen molar-refractivity contribution in [1.29, 1.82) is 0 Å². The number of thiazole rings is 1. The van der Waals surface area contributed by atoms with Crippen molar-refractivity contribution in [2.24, 2.45) is 5.10 Å². The zero-order valence-electron chi connectivity index (χ0n) is 10.5. The normalized spacial score (nSPS) is 11.0. The average molecular weight is 281 g/mol. The van der Waals surface area contributed by atoms with E-state index in [1.54, 1.807) is 6.21 Å². The van der Waals surface area contributed by atoms with Gasteiger partial charge in [-0.1, -0.05) is 42.5 Å². The van der Waals surface area contributed by atoms with Crippen molar-refractivity contribution in [2.75, 3.05) is 0 Å². The second-order valence-electron chi connectivity index (χ2n) is 4.10. The zero-order chi connectivity index (χ0) is 13.8. The van der Waals surface area contributed by atoms with E-state index >= 15 is 0 Å². The first-order valence-electron chi connectivity index (χ1n) is 6.07. The first kappa shape index (κ1) is 12.5. The van der Waals surface area contributed by atoms with Crippen molar-refractivity contribution in [1.82, 2.24) is 10.4 Å². The first-order chi connectivity index (χ1) is 9.83. The Hall–Kier alpha value is -2.53. The van der Waals surface area contributed by atoms with Crippen molar-refractivity contribution in [2.45, 2.75) is 0 Å². The van der Waals surface area contributed by atoms with Gasteiger partial charge in [-0.3, -0.25) is 4.79 Å². The number of hydrogen-bond acceptors (Lipinski definition) is 4. The number of carbonyl (C=O) groups excluding carboxylic acids is 1. The molecule has 0 aliphatic rings. The summed E-state index contributed by atoms with van der Waals surface area (Å²) < 4.78 is 0.990. The molecule has 0 fully saturated rings. The number of fused-ring (bicyclic) bond motifs is 1. The quantitative estimate of drug-likeness (QED) is 0.592. The molecule has 20 heavy (non-hydrogen) atoms. The van der Waals surface area contributed by atoms with Gasteiger partial charge < -0.3 is 0 Å². The molecule has 1 aromatic heterocycles. The van der Waals surface area contributed by atoms with Crippen molar-refractivity contribution < 1.29 is 4.79 Å². The maximum Gasteiger partial charge on any atom is 0.300 e. The molecule has 3 rings (SSSR count). The SMILES string of the molecule is O=C(N/N=C/c1ccccc1)c1nc2ccccc2s1.